The Morgan fingerprint density at radius 1 is 1.13 bits per heavy atom. The highest BCUT2D eigenvalue weighted by atomic mass is 16.5. The van der Waals surface area contributed by atoms with Crippen molar-refractivity contribution in [2.24, 2.45) is 17.3 Å². The van der Waals surface area contributed by atoms with E-state index in [1.807, 2.05) is 27.7 Å². The van der Waals surface area contributed by atoms with E-state index >= 15 is 0 Å². The molecule has 1 fully saturated rings. The summed E-state index contributed by atoms with van der Waals surface area (Å²) in [6.45, 7) is 15.2. The lowest BCUT2D eigenvalue weighted by Gasteiger charge is -2.29. The van der Waals surface area contributed by atoms with Crippen molar-refractivity contribution in [3.8, 4) is 0 Å². The van der Waals surface area contributed by atoms with E-state index in [2.05, 4.69) is 24.5 Å². The molecule has 0 spiro atoms. The minimum absolute atomic E-state index is 0.0271. The molecule has 1 saturated heterocycles. The fourth-order valence-corrected chi connectivity index (χ4v) is 3.19. The molecule has 1 rings (SSSR count). The molecule has 31 heavy (non-hydrogen) atoms. The molecule has 0 aromatic rings. The summed E-state index contributed by atoms with van der Waals surface area (Å²) >= 11 is 0. The van der Waals surface area contributed by atoms with E-state index in [1.165, 1.54) is 4.90 Å². The number of hydrogen-bond donors (Lipinski definition) is 2. The quantitative estimate of drug-likeness (QED) is 0.428. The second kappa shape index (κ2) is 11.6. The molecule has 1 heterocycles. The second-order valence-corrected chi connectivity index (χ2v) is 10.2. The maximum absolute atomic E-state index is 12.3. The van der Waals surface area contributed by atoms with Gasteiger partial charge in [0.05, 0.1) is 5.60 Å². The molecule has 1 atom stereocenters. The zero-order valence-electron chi connectivity index (χ0n) is 20.3. The zero-order chi connectivity index (χ0) is 23.8. The fourth-order valence-electron chi connectivity index (χ4n) is 3.19. The van der Waals surface area contributed by atoms with Crippen LogP contribution in [-0.4, -0.2) is 60.4 Å². The molecular formula is C23H41N3O5. The molecule has 2 N–H and O–H groups in total. The number of rotatable bonds is 13. The molecule has 0 radical (unpaired) electrons. The average Bonchev–Trinajstić information content (AvgIpc) is 2.89. The second-order valence-electron chi connectivity index (χ2n) is 10.2. The smallest absolute Gasteiger partial charge is 0.232 e. The van der Waals surface area contributed by atoms with Crippen molar-refractivity contribution >= 4 is 23.6 Å². The molecule has 4 amide bonds. The van der Waals surface area contributed by atoms with E-state index in [9.17, 15) is 19.2 Å². The SMILES string of the molecule is CC(C)CNC(=O)C(C)(C)CCOC(C)(C)CCNC(=O)CCN1C(=O)CC(C)C1=O. The third-order valence-electron chi connectivity index (χ3n) is 5.59. The van der Waals surface area contributed by atoms with E-state index < -0.39 is 11.0 Å². The predicted molar refractivity (Wildman–Crippen MR) is 119 cm³/mol. The number of hydrogen-bond acceptors (Lipinski definition) is 5. The molecule has 8 nitrogen and oxygen atoms in total. The number of carbonyl (C=O) groups excluding carboxylic acids is 4. The summed E-state index contributed by atoms with van der Waals surface area (Å²) in [7, 11) is 0. The molecule has 8 heteroatoms. The highest BCUT2D eigenvalue weighted by molar-refractivity contribution is 6.03. The van der Waals surface area contributed by atoms with Crippen LogP contribution in [0.1, 0.15) is 74.1 Å². The minimum Gasteiger partial charge on any atom is -0.375 e. The maximum Gasteiger partial charge on any atom is 0.232 e. The van der Waals surface area contributed by atoms with Crippen LogP contribution in [0, 0.1) is 17.3 Å². The predicted octanol–water partition coefficient (Wildman–Crippen LogP) is 2.26. The first kappa shape index (κ1) is 27.1. The Morgan fingerprint density at radius 3 is 2.32 bits per heavy atom. The largest absolute Gasteiger partial charge is 0.375 e. The van der Waals surface area contributed by atoms with Crippen LogP contribution in [0.15, 0.2) is 0 Å². The Balaban J connectivity index is 2.28. The van der Waals surface area contributed by atoms with E-state index in [0.29, 0.717) is 38.5 Å². The number of amides is 4. The van der Waals surface area contributed by atoms with Crippen molar-refractivity contribution in [1.29, 1.82) is 0 Å². The van der Waals surface area contributed by atoms with Crippen LogP contribution in [-0.2, 0) is 23.9 Å². The number of nitrogens with one attached hydrogen (secondary N) is 2. The molecule has 0 bridgehead atoms. The van der Waals surface area contributed by atoms with E-state index in [0.717, 1.165) is 0 Å². The molecular weight excluding hydrogens is 398 g/mol. The third-order valence-corrected chi connectivity index (χ3v) is 5.59. The van der Waals surface area contributed by atoms with Crippen LogP contribution in [0.25, 0.3) is 0 Å². The summed E-state index contributed by atoms with van der Waals surface area (Å²) in [6, 6.07) is 0. The van der Waals surface area contributed by atoms with Gasteiger partial charge >= 0.3 is 0 Å². The highest BCUT2D eigenvalue weighted by Crippen LogP contribution is 2.23. The summed E-state index contributed by atoms with van der Waals surface area (Å²) < 4.78 is 5.98. The zero-order valence-corrected chi connectivity index (χ0v) is 20.3. The van der Waals surface area contributed by atoms with Crippen LogP contribution in [0.3, 0.4) is 0 Å². The lowest BCUT2D eigenvalue weighted by molar-refractivity contribution is -0.139. The average molecular weight is 440 g/mol. The molecule has 0 aromatic carbocycles. The summed E-state index contributed by atoms with van der Waals surface area (Å²) in [6.07, 6.45) is 1.54. The fraction of sp³-hybridized carbons (Fsp3) is 0.826. The normalized spacial score (nSPS) is 17.4. The van der Waals surface area contributed by atoms with Gasteiger partial charge in [0.25, 0.3) is 0 Å². The molecule has 0 aromatic heterocycles. The van der Waals surface area contributed by atoms with E-state index in [1.54, 1.807) is 6.92 Å². The van der Waals surface area contributed by atoms with Gasteiger partial charge in [0, 0.05) is 50.4 Å². The highest BCUT2D eigenvalue weighted by Gasteiger charge is 2.35. The first-order chi connectivity index (χ1) is 14.2. The van der Waals surface area contributed by atoms with Gasteiger partial charge in [-0.25, -0.2) is 0 Å². The van der Waals surface area contributed by atoms with Crippen molar-refractivity contribution < 1.29 is 23.9 Å². The van der Waals surface area contributed by atoms with Crippen molar-refractivity contribution in [2.45, 2.75) is 79.8 Å². The van der Waals surface area contributed by atoms with Crippen molar-refractivity contribution in [3.63, 3.8) is 0 Å². The van der Waals surface area contributed by atoms with Gasteiger partial charge in [-0.2, -0.15) is 0 Å². The molecule has 1 aliphatic rings. The Bertz CT molecular complexity index is 658. The van der Waals surface area contributed by atoms with Gasteiger partial charge in [0.15, 0.2) is 0 Å². The lowest BCUT2D eigenvalue weighted by atomic mass is 9.88. The Labute approximate surface area is 186 Å². The summed E-state index contributed by atoms with van der Waals surface area (Å²) in [5.74, 6) is -0.461. The Morgan fingerprint density at radius 2 is 1.77 bits per heavy atom. The lowest BCUT2D eigenvalue weighted by Crippen LogP contribution is -2.40. The number of nitrogens with zero attached hydrogens (tertiary/aromatic N) is 1. The Hall–Kier alpha value is -1.96. The summed E-state index contributed by atoms with van der Waals surface area (Å²) in [4.78, 5) is 49.2. The van der Waals surface area contributed by atoms with Crippen molar-refractivity contribution in [3.05, 3.63) is 0 Å². The van der Waals surface area contributed by atoms with Gasteiger partial charge in [0.1, 0.15) is 0 Å². The van der Waals surface area contributed by atoms with Crippen LogP contribution in [0.2, 0.25) is 0 Å². The van der Waals surface area contributed by atoms with Gasteiger partial charge in [-0.15, -0.1) is 0 Å². The maximum atomic E-state index is 12.3. The van der Waals surface area contributed by atoms with E-state index in [-0.39, 0.29) is 48.9 Å². The third kappa shape index (κ3) is 9.37. The monoisotopic (exact) mass is 439 g/mol. The van der Waals surface area contributed by atoms with Gasteiger partial charge in [-0.05, 0) is 32.6 Å². The molecule has 0 saturated carbocycles. The van der Waals surface area contributed by atoms with Crippen LogP contribution in [0.4, 0.5) is 0 Å². The summed E-state index contributed by atoms with van der Waals surface area (Å²) in [5.41, 5.74) is -0.963. The van der Waals surface area contributed by atoms with Gasteiger partial charge in [-0.1, -0.05) is 34.6 Å². The first-order valence-electron chi connectivity index (χ1n) is 11.3. The molecule has 0 aliphatic carbocycles. The van der Waals surface area contributed by atoms with E-state index in [4.69, 9.17) is 4.74 Å². The van der Waals surface area contributed by atoms with Crippen LogP contribution >= 0.6 is 0 Å². The van der Waals surface area contributed by atoms with Gasteiger partial charge < -0.3 is 15.4 Å². The molecule has 1 aliphatic heterocycles. The van der Waals surface area contributed by atoms with Gasteiger partial charge in [0.2, 0.25) is 23.6 Å². The number of ether oxygens (including phenoxy) is 1. The first-order valence-corrected chi connectivity index (χ1v) is 11.3. The van der Waals surface area contributed by atoms with Gasteiger partial charge in [-0.3, -0.25) is 24.1 Å². The molecule has 178 valence electrons. The van der Waals surface area contributed by atoms with Crippen LogP contribution < -0.4 is 10.6 Å². The molecule has 1 unspecified atom stereocenters. The van der Waals surface area contributed by atoms with Crippen molar-refractivity contribution in [2.75, 3.05) is 26.2 Å². The Kier molecular flexibility index (Phi) is 10.1. The topological polar surface area (TPSA) is 105 Å². The van der Waals surface area contributed by atoms with Crippen LogP contribution in [0.5, 0.6) is 0 Å². The number of imide groups is 1. The number of likely N-dealkylation sites (tertiary alicyclic amines) is 1. The van der Waals surface area contributed by atoms with Crippen molar-refractivity contribution in [1.82, 2.24) is 15.5 Å². The minimum atomic E-state index is -0.513. The standard InChI is InChI=1S/C23H41N3O5/c1-16(2)15-25-21(30)22(4,5)10-13-31-23(6,7)9-11-24-18(27)8-12-26-19(28)14-17(3)20(26)29/h16-17H,8-15H2,1-7H3,(H,24,27)(H,25,30). The number of carbonyl (C=O) groups is 4. The summed E-state index contributed by atoms with van der Waals surface area (Å²) in [5, 5.41) is 5.79.